The number of ether oxygens (including phenoxy) is 1. The van der Waals surface area contributed by atoms with Crippen LogP contribution in [0.15, 0.2) is 111 Å². The summed E-state index contributed by atoms with van der Waals surface area (Å²) in [5, 5.41) is -2.14. The van der Waals surface area contributed by atoms with E-state index in [9.17, 15) is 16.8 Å². The van der Waals surface area contributed by atoms with Crippen molar-refractivity contribution >= 4 is 25.8 Å². The van der Waals surface area contributed by atoms with Crippen molar-refractivity contribution in [1.29, 1.82) is 0 Å². The molecule has 0 spiro atoms. The maximum absolute atomic E-state index is 14.5. The first-order valence-corrected chi connectivity index (χ1v) is 16.6. The Morgan fingerprint density at radius 1 is 0.667 bits per heavy atom. The minimum absolute atomic E-state index is 0.185. The van der Waals surface area contributed by atoms with Crippen LogP contribution in [0.4, 0.5) is 0 Å². The minimum Gasteiger partial charge on any atom is -0.497 e. The zero-order chi connectivity index (χ0) is 26.9. The molecule has 4 aliphatic rings. The monoisotopic (exact) mass is 558 g/mol. The Kier molecular flexibility index (Phi) is 5.69. The highest BCUT2D eigenvalue weighted by Gasteiger charge is 2.67. The first-order chi connectivity index (χ1) is 18.8. The number of hydrogen-bond acceptors (Lipinski definition) is 5. The van der Waals surface area contributed by atoms with Gasteiger partial charge < -0.3 is 4.74 Å². The van der Waals surface area contributed by atoms with E-state index in [1.54, 1.807) is 67.8 Å². The molecule has 0 radical (unpaired) electrons. The van der Waals surface area contributed by atoms with Gasteiger partial charge in [-0.1, -0.05) is 71.3 Å². The molecule has 2 saturated carbocycles. The number of sulfone groups is 2. The average Bonchev–Trinajstić information content (AvgIpc) is 3.73. The summed E-state index contributed by atoms with van der Waals surface area (Å²) < 4.78 is 63.2. The fourth-order valence-corrected chi connectivity index (χ4v) is 12.8. The van der Waals surface area contributed by atoms with Gasteiger partial charge in [0, 0.05) is 11.8 Å². The van der Waals surface area contributed by atoms with Crippen LogP contribution in [0.2, 0.25) is 0 Å². The first kappa shape index (κ1) is 24.9. The molecule has 3 aromatic rings. The molecule has 0 aliphatic heterocycles. The number of fused-ring (bicyclic) bond motifs is 8. The lowest BCUT2D eigenvalue weighted by Crippen LogP contribution is -2.45. The van der Waals surface area contributed by atoms with Crippen molar-refractivity contribution in [3.8, 4) is 5.75 Å². The van der Waals surface area contributed by atoms with Crippen molar-refractivity contribution in [2.75, 3.05) is 7.11 Å². The van der Waals surface area contributed by atoms with Crippen LogP contribution in [-0.2, 0) is 19.7 Å². The van der Waals surface area contributed by atoms with Crippen molar-refractivity contribution in [2.45, 2.75) is 39.6 Å². The number of allylic oxidation sites excluding steroid dienone is 3. The van der Waals surface area contributed by atoms with Gasteiger partial charge in [0.15, 0.2) is 19.7 Å². The standard InChI is InChI=1S/C32H30O5S2/c1-37-23-16-12-20(13-17-23)18-26-29-27-21-14-15-22(19-21)28(27)30(26)32(39(35,36)25-10-6-3-7-11-25)31(29)38(33,34)24-8-4-2-5-9-24/h2-13,16-18,21-22,29-32H,14-15,19H2,1H3. The molecular formula is C32H30O5S2. The molecule has 39 heavy (non-hydrogen) atoms. The number of methoxy groups -OCH3 is 1. The molecule has 0 aromatic heterocycles. The van der Waals surface area contributed by atoms with Crippen molar-refractivity contribution < 1.29 is 21.6 Å². The number of hydrogen-bond donors (Lipinski definition) is 0. The second kappa shape index (κ2) is 8.93. The minimum atomic E-state index is -3.98. The van der Waals surface area contributed by atoms with E-state index >= 15 is 0 Å². The van der Waals surface area contributed by atoms with E-state index in [0.717, 1.165) is 36.1 Å². The van der Waals surface area contributed by atoms with Gasteiger partial charge in [0.05, 0.1) is 27.4 Å². The third-order valence-corrected chi connectivity index (χ3v) is 13.9. The van der Waals surface area contributed by atoms with Gasteiger partial charge in [0.1, 0.15) is 5.75 Å². The molecule has 0 saturated heterocycles. The molecule has 7 heteroatoms. The number of benzene rings is 3. The maximum Gasteiger partial charge on any atom is 0.183 e. The Hall–Kier alpha value is -3.16. The Morgan fingerprint density at radius 3 is 1.56 bits per heavy atom. The molecule has 3 aromatic carbocycles. The van der Waals surface area contributed by atoms with Crippen molar-refractivity contribution in [3.05, 3.63) is 107 Å². The highest BCUT2D eigenvalue weighted by molar-refractivity contribution is 7.96. The van der Waals surface area contributed by atoms with Crippen molar-refractivity contribution in [3.63, 3.8) is 0 Å². The van der Waals surface area contributed by atoms with Crippen LogP contribution in [0.1, 0.15) is 24.8 Å². The molecular weight excluding hydrogens is 528 g/mol. The van der Waals surface area contributed by atoms with Crippen LogP contribution in [-0.4, -0.2) is 34.4 Å². The van der Waals surface area contributed by atoms with Gasteiger partial charge in [-0.2, -0.15) is 0 Å². The Balaban J connectivity index is 1.47. The quantitative estimate of drug-likeness (QED) is 0.284. The lowest BCUT2D eigenvalue weighted by Gasteiger charge is -2.35. The van der Waals surface area contributed by atoms with E-state index in [0.29, 0.717) is 11.8 Å². The van der Waals surface area contributed by atoms with Crippen LogP contribution in [0, 0.1) is 23.7 Å². The summed E-state index contributed by atoms with van der Waals surface area (Å²) in [6.07, 6.45) is 5.18. The Morgan fingerprint density at radius 2 is 1.13 bits per heavy atom. The van der Waals surface area contributed by atoms with Gasteiger partial charge in [-0.25, -0.2) is 16.8 Å². The zero-order valence-corrected chi connectivity index (χ0v) is 23.2. The normalized spacial score (nSPS) is 29.1. The fourth-order valence-electron chi connectivity index (χ4n) is 7.87. The van der Waals surface area contributed by atoms with Gasteiger partial charge in [-0.05, 0) is 73.1 Å². The lowest BCUT2D eigenvalue weighted by molar-refractivity contribution is 0.415. The van der Waals surface area contributed by atoms with Crippen LogP contribution >= 0.6 is 0 Å². The Bertz CT molecular complexity index is 1600. The highest BCUT2D eigenvalue weighted by atomic mass is 32.2. The second-order valence-corrected chi connectivity index (χ2v) is 15.3. The molecule has 4 bridgehead atoms. The van der Waals surface area contributed by atoms with Gasteiger partial charge >= 0.3 is 0 Å². The molecule has 5 nitrogen and oxygen atoms in total. The summed E-state index contributed by atoms with van der Waals surface area (Å²) in [6.45, 7) is 0. The third-order valence-electron chi connectivity index (χ3n) is 9.32. The van der Waals surface area contributed by atoms with Crippen LogP contribution in [0.5, 0.6) is 5.75 Å². The summed E-state index contributed by atoms with van der Waals surface area (Å²) >= 11 is 0. The lowest BCUT2D eigenvalue weighted by atomic mass is 9.82. The van der Waals surface area contributed by atoms with Gasteiger partial charge in [-0.3, -0.25) is 0 Å². The molecule has 6 atom stereocenters. The van der Waals surface area contributed by atoms with E-state index < -0.39 is 42.0 Å². The van der Waals surface area contributed by atoms with Gasteiger partial charge in [0.25, 0.3) is 0 Å². The van der Waals surface area contributed by atoms with Crippen molar-refractivity contribution in [1.82, 2.24) is 0 Å². The molecule has 200 valence electrons. The van der Waals surface area contributed by atoms with Crippen LogP contribution < -0.4 is 4.74 Å². The van der Waals surface area contributed by atoms with Crippen molar-refractivity contribution in [2.24, 2.45) is 23.7 Å². The topological polar surface area (TPSA) is 77.5 Å². The average molecular weight is 559 g/mol. The van der Waals surface area contributed by atoms with Gasteiger partial charge in [-0.15, -0.1) is 0 Å². The molecule has 0 amide bonds. The Labute approximate surface area is 230 Å². The van der Waals surface area contributed by atoms with E-state index in [2.05, 4.69) is 6.08 Å². The van der Waals surface area contributed by atoms with E-state index in [1.165, 1.54) is 11.1 Å². The second-order valence-electron chi connectivity index (χ2n) is 11.1. The SMILES string of the molecule is COc1ccc(C=C2C3C4=C(C5CCC4C5)C2C(S(=O)(=O)c2ccccc2)C3S(=O)(=O)c2ccccc2)cc1. The molecule has 4 aliphatic carbocycles. The molecule has 0 N–H and O–H groups in total. The summed E-state index contributed by atoms with van der Waals surface area (Å²) in [7, 11) is -6.33. The van der Waals surface area contributed by atoms with Crippen LogP contribution in [0.3, 0.4) is 0 Å². The smallest absolute Gasteiger partial charge is 0.183 e. The summed E-state index contributed by atoms with van der Waals surface area (Å²) in [6, 6.07) is 24.4. The predicted molar refractivity (Wildman–Crippen MR) is 151 cm³/mol. The van der Waals surface area contributed by atoms with Gasteiger partial charge in [0.2, 0.25) is 0 Å². The fraction of sp³-hybridized carbons (Fsp3) is 0.312. The highest BCUT2D eigenvalue weighted by Crippen LogP contribution is 2.68. The molecule has 0 heterocycles. The first-order valence-electron chi connectivity index (χ1n) is 13.5. The summed E-state index contributed by atoms with van der Waals surface area (Å²) in [4.78, 5) is 0.370. The number of rotatable bonds is 6. The van der Waals surface area contributed by atoms with E-state index in [1.807, 2.05) is 24.3 Å². The maximum atomic E-state index is 14.5. The van der Waals surface area contributed by atoms with E-state index in [4.69, 9.17) is 4.74 Å². The molecule has 2 fully saturated rings. The molecule has 6 unspecified atom stereocenters. The molecule has 7 rings (SSSR count). The summed E-state index contributed by atoms with van der Waals surface area (Å²) in [5.74, 6) is 0.549. The van der Waals surface area contributed by atoms with Crippen LogP contribution in [0.25, 0.3) is 6.08 Å². The third kappa shape index (κ3) is 3.62. The van der Waals surface area contributed by atoms with E-state index in [-0.39, 0.29) is 9.79 Å². The largest absolute Gasteiger partial charge is 0.497 e. The summed E-state index contributed by atoms with van der Waals surface area (Å²) in [5.41, 5.74) is 4.30. The predicted octanol–water partition coefficient (Wildman–Crippen LogP) is 5.75. The zero-order valence-electron chi connectivity index (χ0n) is 21.6.